The number of halogens is 1. The van der Waals surface area contributed by atoms with Gasteiger partial charge in [0.15, 0.2) is 0 Å². The number of aryl methyl sites for hydroxylation is 1. The predicted molar refractivity (Wildman–Crippen MR) is 102 cm³/mol. The Labute approximate surface area is 153 Å². The van der Waals surface area contributed by atoms with E-state index >= 15 is 0 Å². The molecule has 3 aromatic rings. The first kappa shape index (κ1) is 17.0. The van der Waals surface area contributed by atoms with E-state index in [2.05, 4.69) is 46.3 Å². The second kappa shape index (κ2) is 7.42. The summed E-state index contributed by atoms with van der Waals surface area (Å²) in [5.74, 6) is 0.188. The van der Waals surface area contributed by atoms with E-state index in [1.54, 1.807) is 12.1 Å². The van der Waals surface area contributed by atoms with Gasteiger partial charge in [-0.15, -0.1) is 0 Å². The summed E-state index contributed by atoms with van der Waals surface area (Å²) in [5, 5.41) is 7.45. The number of aromatic nitrogens is 2. The lowest BCUT2D eigenvalue weighted by Gasteiger charge is -2.33. The third-order valence-electron chi connectivity index (χ3n) is 5.37. The van der Waals surface area contributed by atoms with Crippen molar-refractivity contribution < 1.29 is 4.39 Å². The number of hydrogen-bond donors (Lipinski definition) is 1. The summed E-state index contributed by atoms with van der Waals surface area (Å²) in [5.41, 5.74) is 5.78. The van der Waals surface area contributed by atoms with Gasteiger partial charge in [-0.1, -0.05) is 36.4 Å². The van der Waals surface area contributed by atoms with Gasteiger partial charge < -0.3 is 0 Å². The van der Waals surface area contributed by atoms with Crippen LogP contribution < -0.4 is 0 Å². The van der Waals surface area contributed by atoms with Gasteiger partial charge in [0.05, 0.1) is 6.20 Å². The first-order chi connectivity index (χ1) is 12.7. The lowest BCUT2D eigenvalue weighted by Crippen LogP contribution is -2.34. The van der Waals surface area contributed by atoms with Gasteiger partial charge >= 0.3 is 0 Å². The van der Waals surface area contributed by atoms with Crippen LogP contribution >= 0.6 is 0 Å². The highest BCUT2D eigenvalue weighted by Gasteiger charge is 2.25. The summed E-state index contributed by atoms with van der Waals surface area (Å²) in [7, 11) is 0. The van der Waals surface area contributed by atoms with Crippen LogP contribution in [0.2, 0.25) is 0 Å². The average molecular weight is 349 g/mol. The number of benzene rings is 2. The molecule has 0 bridgehead atoms. The van der Waals surface area contributed by atoms with Gasteiger partial charge in [0, 0.05) is 30.3 Å². The highest BCUT2D eigenvalue weighted by Crippen LogP contribution is 2.33. The minimum absolute atomic E-state index is 0.209. The molecule has 4 heteroatoms. The largest absolute Gasteiger partial charge is 0.298 e. The van der Waals surface area contributed by atoms with Crippen LogP contribution in [0, 0.1) is 12.7 Å². The minimum atomic E-state index is -0.209. The molecule has 0 radical (unpaired) electrons. The molecule has 2 aromatic carbocycles. The molecule has 0 unspecified atom stereocenters. The maximum absolute atomic E-state index is 13.6. The number of rotatable bonds is 4. The Morgan fingerprint density at radius 2 is 2.08 bits per heavy atom. The van der Waals surface area contributed by atoms with Gasteiger partial charge in [-0.05, 0) is 55.1 Å². The SMILES string of the molecule is Cc1ccccc1CN1CCC[C@@H](c2[nH]ncc2-c2cccc(F)c2)C1. The van der Waals surface area contributed by atoms with Crippen LogP contribution in [0.15, 0.2) is 54.7 Å². The zero-order valence-corrected chi connectivity index (χ0v) is 15.1. The third kappa shape index (κ3) is 3.56. The molecule has 1 saturated heterocycles. The highest BCUT2D eigenvalue weighted by molar-refractivity contribution is 5.65. The molecule has 1 aromatic heterocycles. The van der Waals surface area contributed by atoms with Crippen molar-refractivity contribution in [2.75, 3.05) is 13.1 Å². The third-order valence-corrected chi connectivity index (χ3v) is 5.37. The minimum Gasteiger partial charge on any atom is -0.298 e. The molecule has 1 aliphatic heterocycles. The molecule has 2 heterocycles. The highest BCUT2D eigenvalue weighted by atomic mass is 19.1. The van der Waals surface area contributed by atoms with E-state index in [0.717, 1.165) is 49.3 Å². The van der Waals surface area contributed by atoms with E-state index in [1.807, 2.05) is 12.3 Å². The molecular formula is C22H24FN3. The quantitative estimate of drug-likeness (QED) is 0.726. The number of hydrogen-bond acceptors (Lipinski definition) is 2. The molecule has 1 atom stereocenters. The normalized spacial score (nSPS) is 18.2. The van der Waals surface area contributed by atoms with Gasteiger partial charge in [-0.2, -0.15) is 5.10 Å². The molecule has 1 N–H and O–H groups in total. The van der Waals surface area contributed by atoms with Gasteiger partial charge in [-0.25, -0.2) is 4.39 Å². The van der Waals surface area contributed by atoms with E-state index in [9.17, 15) is 4.39 Å². The van der Waals surface area contributed by atoms with E-state index in [-0.39, 0.29) is 5.82 Å². The topological polar surface area (TPSA) is 31.9 Å². The number of nitrogens with one attached hydrogen (secondary N) is 1. The van der Waals surface area contributed by atoms with Crippen molar-refractivity contribution in [3.63, 3.8) is 0 Å². The molecule has 3 nitrogen and oxygen atoms in total. The lowest BCUT2D eigenvalue weighted by molar-refractivity contribution is 0.198. The fraction of sp³-hybridized carbons (Fsp3) is 0.318. The van der Waals surface area contributed by atoms with Crippen molar-refractivity contribution in [3.05, 3.63) is 77.4 Å². The number of nitrogens with zero attached hydrogens (tertiary/aromatic N) is 2. The smallest absolute Gasteiger partial charge is 0.123 e. The van der Waals surface area contributed by atoms with Crippen molar-refractivity contribution in [1.29, 1.82) is 0 Å². The summed E-state index contributed by atoms with van der Waals surface area (Å²) in [4.78, 5) is 2.52. The van der Waals surface area contributed by atoms with E-state index in [0.29, 0.717) is 5.92 Å². The number of piperidine rings is 1. The predicted octanol–water partition coefficient (Wildman–Crippen LogP) is 4.90. The Kier molecular flexibility index (Phi) is 4.85. The molecule has 0 aliphatic carbocycles. The molecule has 0 amide bonds. The Balaban J connectivity index is 1.54. The molecule has 134 valence electrons. The van der Waals surface area contributed by atoms with Crippen molar-refractivity contribution in [3.8, 4) is 11.1 Å². The van der Waals surface area contributed by atoms with Crippen LogP contribution in [0.4, 0.5) is 4.39 Å². The molecule has 26 heavy (non-hydrogen) atoms. The Morgan fingerprint density at radius 1 is 1.19 bits per heavy atom. The second-order valence-corrected chi connectivity index (χ2v) is 7.21. The second-order valence-electron chi connectivity index (χ2n) is 7.21. The molecular weight excluding hydrogens is 325 g/mol. The Bertz CT molecular complexity index is 886. The molecule has 1 aliphatic rings. The maximum atomic E-state index is 13.6. The van der Waals surface area contributed by atoms with Crippen molar-refractivity contribution in [2.24, 2.45) is 0 Å². The number of aromatic amines is 1. The van der Waals surface area contributed by atoms with Crippen LogP contribution in [-0.2, 0) is 6.54 Å². The maximum Gasteiger partial charge on any atom is 0.123 e. The van der Waals surface area contributed by atoms with Gasteiger partial charge in [-0.3, -0.25) is 10.00 Å². The van der Waals surface area contributed by atoms with Crippen LogP contribution in [-0.4, -0.2) is 28.2 Å². The van der Waals surface area contributed by atoms with Gasteiger partial charge in [0.1, 0.15) is 5.82 Å². The fourth-order valence-corrected chi connectivity index (χ4v) is 3.96. The summed E-state index contributed by atoms with van der Waals surface area (Å²) in [6.07, 6.45) is 4.12. The van der Waals surface area contributed by atoms with Crippen molar-refractivity contribution in [2.45, 2.75) is 32.2 Å². The number of likely N-dealkylation sites (tertiary alicyclic amines) is 1. The fourth-order valence-electron chi connectivity index (χ4n) is 3.96. The lowest BCUT2D eigenvalue weighted by atomic mass is 9.90. The van der Waals surface area contributed by atoms with Crippen LogP contribution in [0.1, 0.15) is 35.6 Å². The monoisotopic (exact) mass is 349 g/mol. The van der Waals surface area contributed by atoms with Crippen molar-refractivity contribution in [1.82, 2.24) is 15.1 Å². The zero-order valence-electron chi connectivity index (χ0n) is 15.1. The van der Waals surface area contributed by atoms with E-state index in [4.69, 9.17) is 0 Å². The van der Waals surface area contributed by atoms with Crippen LogP contribution in [0.3, 0.4) is 0 Å². The van der Waals surface area contributed by atoms with Crippen LogP contribution in [0.25, 0.3) is 11.1 Å². The summed E-state index contributed by atoms with van der Waals surface area (Å²) in [6, 6.07) is 15.4. The molecule has 1 fully saturated rings. The molecule has 0 saturated carbocycles. The van der Waals surface area contributed by atoms with Crippen molar-refractivity contribution >= 4 is 0 Å². The van der Waals surface area contributed by atoms with E-state index < -0.39 is 0 Å². The first-order valence-electron chi connectivity index (χ1n) is 9.27. The molecule has 4 rings (SSSR count). The average Bonchev–Trinajstić information content (AvgIpc) is 3.14. The Morgan fingerprint density at radius 3 is 2.92 bits per heavy atom. The zero-order chi connectivity index (χ0) is 17.9. The molecule has 0 spiro atoms. The standard InChI is InChI=1S/C22H24FN3/c1-16-6-2-3-7-18(16)14-26-11-5-9-19(15-26)22-21(13-24-25-22)17-8-4-10-20(23)12-17/h2-4,6-8,10,12-13,19H,5,9,11,14-15H2,1H3,(H,24,25)/t19-/m1/s1. The Hall–Kier alpha value is -2.46. The van der Waals surface area contributed by atoms with Gasteiger partial charge in [0.25, 0.3) is 0 Å². The van der Waals surface area contributed by atoms with E-state index in [1.165, 1.54) is 17.2 Å². The summed E-state index contributed by atoms with van der Waals surface area (Å²) < 4.78 is 13.6. The van der Waals surface area contributed by atoms with Gasteiger partial charge in [0.2, 0.25) is 0 Å². The summed E-state index contributed by atoms with van der Waals surface area (Å²) in [6.45, 7) is 5.27. The van der Waals surface area contributed by atoms with Crippen LogP contribution in [0.5, 0.6) is 0 Å². The number of H-pyrrole nitrogens is 1. The first-order valence-corrected chi connectivity index (χ1v) is 9.27. The summed E-state index contributed by atoms with van der Waals surface area (Å²) >= 11 is 0.